The fourth-order valence-corrected chi connectivity index (χ4v) is 7.42. The van der Waals surface area contributed by atoms with E-state index in [2.05, 4.69) is 15.6 Å². The van der Waals surface area contributed by atoms with E-state index in [1.165, 1.54) is 30.6 Å². The number of carbonyl (C=O) groups is 3. The lowest BCUT2D eigenvalue weighted by atomic mass is 9.85. The highest BCUT2D eigenvalue weighted by Gasteiger charge is 2.42. The van der Waals surface area contributed by atoms with Crippen molar-refractivity contribution in [1.29, 1.82) is 0 Å². The van der Waals surface area contributed by atoms with Crippen molar-refractivity contribution in [3.05, 3.63) is 92.6 Å². The minimum absolute atomic E-state index is 0.0890. The SMILES string of the molecule is CN=C(N)c1csc(CNC(=O)[C@@H]2C[C@@H](OCc3ccc(Cl)cc3)CN2C(=O)[C@@H](CCC2CCCCC2)NC(=O)OCc2ccccc2)c1. The van der Waals surface area contributed by atoms with Crippen LogP contribution in [0.5, 0.6) is 0 Å². The highest BCUT2D eigenvalue weighted by Crippen LogP contribution is 2.29. The molecule has 3 atom stereocenters. The molecular formula is C37H46ClN5O5S. The molecular weight excluding hydrogens is 662 g/mol. The van der Waals surface area contributed by atoms with Gasteiger partial charge in [-0.2, -0.15) is 0 Å². The van der Waals surface area contributed by atoms with Gasteiger partial charge in [0, 0.05) is 40.9 Å². The number of aliphatic imine (C=N–C) groups is 1. The second-order valence-electron chi connectivity index (χ2n) is 12.8. The van der Waals surface area contributed by atoms with Crippen LogP contribution in [0.4, 0.5) is 4.79 Å². The number of benzene rings is 2. The van der Waals surface area contributed by atoms with E-state index in [0.717, 1.165) is 40.8 Å². The monoisotopic (exact) mass is 707 g/mol. The maximum Gasteiger partial charge on any atom is 0.408 e. The number of likely N-dealkylation sites (tertiary alicyclic amines) is 1. The van der Waals surface area contributed by atoms with Gasteiger partial charge in [-0.1, -0.05) is 86.2 Å². The van der Waals surface area contributed by atoms with Crippen LogP contribution in [0.15, 0.2) is 71.0 Å². The Kier molecular flexibility index (Phi) is 13.5. The first kappa shape index (κ1) is 36.4. The lowest BCUT2D eigenvalue weighted by Crippen LogP contribution is -2.53. The van der Waals surface area contributed by atoms with Gasteiger partial charge in [-0.25, -0.2) is 4.79 Å². The number of nitrogens with one attached hydrogen (secondary N) is 2. The number of hydrogen-bond acceptors (Lipinski definition) is 7. The molecule has 3 aromatic rings. The number of ether oxygens (including phenoxy) is 2. The molecule has 0 radical (unpaired) electrons. The number of nitrogens with two attached hydrogens (primary N) is 1. The molecule has 0 spiro atoms. The summed E-state index contributed by atoms with van der Waals surface area (Å²) in [5.41, 5.74) is 8.55. The van der Waals surface area contributed by atoms with Crippen molar-refractivity contribution < 1.29 is 23.9 Å². The predicted octanol–water partition coefficient (Wildman–Crippen LogP) is 6.19. The van der Waals surface area contributed by atoms with Crippen molar-refractivity contribution >= 4 is 46.7 Å². The van der Waals surface area contributed by atoms with Gasteiger partial charge in [-0.3, -0.25) is 14.6 Å². The van der Waals surface area contributed by atoms with E-state index < -0.39 is 18.2 Å². The molecule has 3 amide bonds. The molecule has 262 valence electrons. The Morgan fingerprint density at radius 1 is 1.04 bits per heavy atom. The summed E-state index contributed by atoms with van der Waals surface area (Å²) in [6.07, 6.45) is 6.38. The topological polar surface area (TPSA) is 135 Å². The summed E-state index contributed by atoms with van der Waals surface area (Å²) in [5, 5.41) is 8.40. The second kappa shape index (κ2) is 18.2. The molecule has 2 aromatic carbocycles. The number of alkyl carbamates (subject to hydrolysis) is 1. The predicted molar refractivity (Wildman–Crippen MR) is 192 cm³/mol. The summed E-state index contributed by atoms with van der Waals surface area (Å²) in [7, 11) is 1.63. The van der Waals surface area contributed by atoms with Crippen LogP contribution in [0, 0.1) is 5.92 Å². The van der Waals surface area contributed by atoms with Crippen LogP contribution >= 0.6 is 22.9 Å². The smallest absolute Gasteiger partial charge is 0.408 e. The Balaban J connectivity index is 1.30. The first-order chi connectivity index (χ1) is 23.8. The van der Waals surface area contributed by atoms with Gasteiger partial charge in [0.2, 0.25) is 11.8 Å². The molecule has 1 aliphatic carbocycles. The number of nitrogens with zero attached hydrogens (tertiary/aromatic N) is 2. The fraction of sp³-hybridized carbons (Fsp3) is 0.459. The zero-order chi connectivity index (χ0) is 34.6. The Labute approximate surface area is 297 Å². The Morgan fingerprint density at radius 3 is 2.51 bits per heavy atom. The number of amides is 3. The summed E-state index contributed by atoms with van der Waals surface area (Å²) >= 11 is 7.53. The number of carbonyl (C=O) groups excluding carboxylic acids is 3. The number of halogens is 1. The van der Waals surface area contributed by atoms with Gasteiger partial charge in [-0.05, 0) is 48.1 Å². The zero-order valence-corrected chi connectivity index (χ0v) is 29.5. The number of thiophene rings is 1. The molecule has 49 heavy (non-hydrogen) atoms. The van der Waals surface area contributed by atoms with Crippen LogP contribution in [-0.2, 0) is 38.8 Å². The molecule has 4 N–H and O–H groups in total. The molecule has 2 heterocycles. The highest BCUT2D eigenvalue weighted by atomic mass is 35.5. The summed E-state index contributed by atoms with van der Waals surface area (Å²) in [6.45, 7) is 0.903. The van der Waals surface area contributed by atoms with Crippen molar-refractivity contribution in [2.45, 2.75) is 89.3 Å². The van der Waals surface area contributed by atoms with E-state index in [9.17, 15) is 14.4 Å². The third kappa shape index (κ3) is 10.8. The molecule has 0 unspecified atom stereocenters. The van der Waals surface area contributed by atoms with Gasteiger partial charge in [0.1, 0.15) is 24.5 Å². The van der Waals surface area contributed by atoms with E-state index in [4.69, 9.17) is 26.8 Å². The van der Waals surface area contributed by atoms with Crippen LogP contribution in [-0.4, -0.2) is 60.4 Å². The summed E-state index contributed by atoms with van der Waals surface area (Å²) in [6, 6.07) is 17.1. The van der Waals surface area contributed by atoms with E-state index in [-0.39, 0.29) is 37.6 Å². The first-order valence-electron chi connectivity index (χ1n) is 17.0. The summed E-state index contributed by atoms with van der Waals surface area (Å²) < 4.78 is 11.8. The van der Waals surface area contributed by atoms with Gasteiger partial charge in [0.25, 0.3) is 0 Å². The van der Waals surface area contributed by atoms with Gasteiger partial charge < -0.3 is 30.7 Å². The molecule has 1 saturated carbocycles. The van der Waals surface area contributed by atoms with E-state index in [0.29, 0.717) is 36.2 Å². The third-order valence-corrected chi connectivity index (χ3v) is 10.5. The van der Waals surface area contributed by atoms with E-state index >= 15 is 0 Å². The van der Waals surface area contributed by atoms with Crippen LogP contribution in [0.1, 0.15) is 72.9 Å². The minimum atomic E-state index is -0.841. The molecule has 1 aliphatic heterocycles. The van der Waals surface area contributed by atoms with Gasteiger partial charge in [-0.15, -0.1) is 11.3 Å². The van der Waals surface area contributed by atoms with Crippen LogP contribution in [0.2, 0.25) is 5.02 Å². The molecule has 2 aliphatic rings. The molecule has 2 fully saturated rings. The third-order valence-electron chi connectivity index (χ3n) is 9.27. The minimum Gasteiger partial charge on any atom is -0.445 e. The summed E-state index contributed by atoms with van der Waals surface area (Å²) in [4.78, 5) is 47.7. The molecule has 0 bridgehead atoms. The average Bonchev–Trinajstić information content (AvgIpc) is 3.79. The highest BCUT2D eigenvalue weighted by molar-refractivity contribution is 7.10. The standard InChI is InChI=1S/C37H46ClN5O5S/c1-40-34(39)28-18-31(49-24-28)20-41-35(44)33-19-30(47-22-27-12-15-29(38)16-13-27)21-43(33)36(45)32(17-14-25-8-4-2-5-9-25)42-37(46)48-23-26-10-6-3-7-11-26/h3,6-7,10-13,15-16,18,24-25,30,32-33H,2,4-5,8-9,14,17,19-23H2,1H3,(H2,39,40)(H,41,44)(H,42,46)/t30-,32-,33+/m1/s1. The first-order valence-corrected chi connectivity index (χ1v) is 18.3. The molecule has 12 heteroatoms. The van der Waals surface area contributed by atoms with Crippen LogP contribution in [0.25, 0.3) is 0 Å². The average molecular weight is 708 g/mol. The second-order valence-corrected chi connectivity index (χ2v) is 14.2. The van der Waals surface area contributed by atoms with Gasteiger partial charge in [0.15, 0.2) is 0 Å². The molecule has 1 saturated heterocycles. The number of amidine groups is 1. The lowest BCUT2D eigenvalue weighted by molar-refractivity contribution is -0.140. The number of hydrogen-bond donors (Lipinski definition) is 3. The molecule has 10 nitrogen and oxygen atoms in total. The van der Waals surface area contributed by atoms with Crippen LogP contribution in [0.3, 0.4) is 0 Å². The van der Waals surface area contributed by atoms with Crippen molar-refractivity contribution in [2.75, 3.05) is 13.6 Å². The van der Waals surface area contributed by atoms with Crippen molar-refractivity contribution in [3.8, 4) is 0 Å². The Bertz CT molecular complexity index is 1560. The normalized spacial score (nSPS) is 19.0. The van der Waals surface area contributed by atoms with Crippen molar-refractivity contribution in [2.24, 2.45) is 16.6 Å². The van der Waals surface area contributed by atoms with E-state index in [1.54, 1.807) is 24.1 Å². The maximum absolute atomic E-state index is 14.4. The van der Waals surface area contributed by atoms with Crippen molar-refractivity contribution in [1.82, 2.24) is 15.5 Å². The fourth-order valence-electron chi connectivity index (χ4n) is 6.48. The maximum atomic E-state index is 14.4. The number of rotatable bonds is 14. The van der Waals surface area contributed by atoms with Gasteiger partial charge >= 0.3 is 6.09 Å². The zero-order valence-electron chi connectivity index (χ0n) is 27.9. The Hall–Kier alpha value is -3.93. The largest absolute Gasteiger partial charge is 0.445 e. The van der Waals surface area contributed by atoms with E-state index in [1.807, 2.05) is 53.9 Å². The summed E-state index contributed by atoms with van der Waals surface area (Å²) in [5.74, 6) is 0.337. The quantitative estimate of drug-likeness (QED) is 0.135. The Morgan fingerprint density at radius 2 is 1.78 bits per heavy atom. The molecule has 5 rings (SSSR count). The van der Waals surface area contributed by atoms with Gasteiger partial charge in [0.05, 0.1) is 19.3 Å². The van der Waals surface area contributed by atoms with Crippen LogP contribution < -0.4 is 16.4 Å². The molecule has 1 aromatic heterocycles. The van der Waals surface area contributed by atoms with Crippen molar-refractivity contribution in [3.63, 3.8) is 0 Å². The lowest BCUT2D eigenvalue weighted by Gasteiger charge is -2.30.